The lowest BCUT2D eigenvalue weighted by atomic mass is 9.89. The van der Waals surface area contributed by atoms with E-state index in [0.717, 1.165) is 6.42 Å². The van der Waals surface area contributed by atoms with Gasteiger partial charge in [-0.25, -0.2) is 0 Å². The molecule has 0 radical (unpaired) electrons. The van der Waals surface area contributed by atoms with Crippen molar-refractivity contribution < 1.29 is 4.74 Å². The molecule has 1 atom stereocenters. The Morgan fingerprint density at radius 1 is 1.50 bits per heavy atom. The lowest BCUT2D eigenvalue weighted by Crippen LogP contribution is -2.25. The van der Waals surface area contributed by atoms with Gasteiger partial charge in [-0.15, -0.1) is 0 Å². The highest BCUT2D eigenvalue weighted by molar-refractivity contribution is 5.28. The topological polar surface area (TPSA) is 9.23 Å². The number of allylic oxidation sites excluding steroid dienone is 2. The molecule has 0 bridgehead atoms. The molecule has 0 aromatic heterocycles. The van der Waals surface area contributed by atoms with E-state index in [9.17, 15) is 0 Å². The molecule has 1 heteroatoms. The SMILES string of the molecule is COC1(C)C=CC(C(C)C)=CC1. The minimum absolute atomic E-state index is 0.0710. The first-order valence-electron chi connectivity index (χ1n) is 4.52. The van der Waals surface area contributed by atoms with Crippen molar-refractivity contribution in [2.24, 2.45) is 5.92 Å². The molecule has 68 valence electrons. The van der Waals surface area contributed by atoms with Gasteiger partial charge in [0.1, 0.15) is 0 Å². The third-order valence-corrected chi connectivity index (χ3v) is 2.50. The normalized spacial score (nSPS) is 29.2. The Morgan fingerprint density at radius 2 is 2.17 bits per heavy atom. The molecule has 0 heterocycles. The second-order valence-electron chi connectivity index (χ2n) is 3.91. The van der Waals surface area contributed by atoms with Gasteiger partial charge in [-0.3, -0.25) is 0 Å². The van der Waals surface area contributed by atoms with E-state index >= 15 is 0 Å². The quantitative estimate of drug-likeness (QED) is 0.613. The van der Waals surface area contributed by atoms with Crippen molar-refractivity contribution in [1.29, 1.82) is 0 Å². The highest BCUT2D eigenvalue weighted by atomic mass is 16.5. The number of hydrogen-bond donors (Lipinski definition) is 0. The molecule has 0 saturated heterocycles. The van der Waals surface area contributed by atoms with Crippen molar-refractivity contribution in [1.82, 2.24) is 0 Å². The van der Waals surface area contributed by atoms with Crippen LogP contribution in [0.15, 0.2) is 23.8 Å². The second-order valence-corrected chi connectivity index (χ2v) is 3.91. The van der Waals surface area contributed by atoms with Gasteiger partial charge in [0.15, 0.2) is 0 Å². The summed E-state index contributed by atoms with van der Waals surface area (Å²) < 4.78 is 5.38. The van der Waals surface area contributed by atoms with E-state index in [2.05, 4.69) is 39.0 Å². The zero-order chi connectivity index (χ0) is 9.19. The van der Waals surface area contributed by atoms with Gasteiger partial charge in [-0.2, -0.15) is 0 Å². The summed E-state index contributed by atoms with van der Waals surface area (Å²) in [7, 11) is 1.76. The van der Waals surface area contributed by atoms with Gasteiger partial charge in [0.25, 0.3) is 0 Å². The molecule has 0 N–H and O–H groups in total. The molecule has 1 unspecified atom stereocenters. The standard InChI is InChI=1S/C11H18O/c1-9(2)10-5-7-11(3,12-4)8-6-10/h5-7,9H,8H2,1-4H3. The van der Waals surface area contributed by atoms with Gasteiger partial charge >= 0.3 is 0 Å². The maximum atomic E-state index is 5.38. The van der Waals surface area contributed by atoms with Gasteiger partial charge in [0.2, 0.25) is 0 Å². The smallest absolute Gasteiger partial charge is 0.0868 e. The average Bonchev–Trinajstić information content (AvgIpc) is 2.05. The summed E-state index contributed by atoms with van der Waals surface area (Å²) in [6.45, 7) is 6.54. The first-order chi connectivity index (χ1) is 5.57. The molecule has 0 aromatic rings. The Labute approximate surface area is 75.1 Å². The van der Waals surface area contributed by atoms with Gasteiger partial charge in [0, 0.05) is 7.11 Å². The predicted octanol–water partition coefficient (Wildman–Crippen LogP) is 2.93. The van der Waals surface area contributed by atoms with E-state index in [1.807, 2.05) is 0 Å². The molecule has 0 fully saturated rings. The van der Waals surface area contributed by atoms with Crippen LogP contribution in [-0.2, 0) is 4.74 Å². The highest BCUT2D eigenvalue weighted by Crippen LogP contribution is 2.26. The number of rotatable bonds is 2. The molecular formula is C11H18O. The maximum Gasteiger partial charge on any atom is 0.0868 e. The Bertz CT molecular complexity index is 213. The van der Waals surface area contributed by atoms with E-state index in [0.29, 0.717) is 5.92 Å². The van der Waals surface area contributed by atoms with Crippen LogP contribution in [0.1, 0.15) is 27.2 Å². The van der Waals surface area contributed by atoms with Crippen LogP contribution < -0.4 is 0 Å². The fourth-order valence-electron chi connectivity index (χ4n) is 1.31. The zero-order valence-electron chi connectivity index (χ0n) is 8.42. The van der Waals surface area contributed by atoms with Gasteiger partial charge in [-0.1, -0.05) is 32.1 Å². The van der Waals surface area contributed by atoms with Crippen LogP contribution in [0.2, 0.25) is 0 Å². The van der Waals surface area contributed by atoms with Crippen molar-refractivity contribution in [3.63, 3.8) is 0 Å². The Kier molecular flexibility index (Phi) is 2.73. The monoisotopic (exact) mass is 166 g/mol. The number of methoxy groups -OCH3 is 1. The fraction of sp³-hybridized carbons (Fsp3) is 0.636. The van der Waals surface area contributed by atoms with Crippen LogP contribution in [0.4, 0.5) is 0 Å². The molecule has 0 aromatic carbocycles. The van der Waals surface area contributed by atoms with Crippen molar-refractivity contribution in [3.05, 3.63) is 23.8 Å². The molecule has 1 aliphatic carbocycles. The molecule has 0 spiro atoms. The van der Waals surface area contributed by atoms with Crippen LogP contribution in [0.5, 0.6) is 0 Å². The maximum absolute atomic E-state index is 5.38. The summed E-state index contributed by atoms with van der Waals surface area (Å²) >= 11 is 0. The summed E-state index contributed by atoms with van der Waals surface area (Å²) in [5, 5.41) is 0. The molecular weight excluding hydrogens is 148 g/mol. The summed E-state index contributed by atoms with van der Waals surface area (Å²) in [5.41, 5.74) is 1.35. The average molecular weight is 166 g/mol. The van der Waals surface area contributed by atoms with Crippen molar-refractivity contribution in [2.45, 2.75) is 32.8 Å². The lowest BCUT2D eigenvalue weighted by Gasteiger charge is -2.27. The van der Waals surface area contributed by atoms with Gasteiger partial charge < -0.3 is 4.74 Å². The third-order valence-electron chi connectivity index (χ3n) is 2.50. The molecule has 0 aliphatic heterocycles. The number of ether oxygens (including phenoxy) is 1. The van der Waals surface area contributed by atoms with Crippen molar-refractivity contribution in [3.8, 4) is 0 Å². The molecule has 0 saturated carbocycles. The van der Waals surface area contributed by atoms with Crippen molar-refractivity contribution in [2.75, 3.05) is 7.11 Å². The summed E-state index contributed by atoms with van der Waals surface area (Å²) in [6.07, 6.45) is 7.60. The third kappa shape index (κ3) is 1.98. The van der Waals surface area contributed by atoms with E-state index in [-0.39, 0.29) is 5.60 Å². The zero-order valence-corrected chi connectivity index (χ0v) is 8.42. The summed E-state index contributed by atoms with van der Waals surface area (Å²) in [5.74, 6) is 0.627. The Morgan fingerprint density at radius 3 is 2.50 bits per heavy atom. The Balaban J connectivity index is 2.67. The Hall–Kier alpha value is -0.560. The molecule has 12 heavy (non-hydrogen) atoms. The lowest BCUT2D eigenvalue weighted by molar-refractivity contribution is 0.0500. The van der Waals surface area contributed by atoms with Crippen LogP contribution in [0, 0.1) is 5.92 Å². The highest BCUT2D eigenvalue weighted by Gasteiger charge is 2.21. The van der Waals surface area contributed by atoms with Crippen LogP contribution in [-0.4, -0.2) is 12.7 Å². The molecule has 1 nitrogen and oxygen atoms in total. The summed E-state index contributed by atoms with van der Waals surface area (Å²) in [6, 6.07) is 0. The molecule has 1 rings (SSSR count). The second kappa shape index (κ2) is 3.44. The summed E-state index contributed by atoms with van der Waals surface area (Å²) in [4.78, 5) is 0. The largest absolute Gasteiger partial charge is 0.374 e. The molecule has 1 aliphatic rings. The minimum Gasteiger partial charge on any atom is -0.374 e. The van der Waals surface area contributed by atoms with Gasteiger partial charge in [-0.05, 0) is 24.8 Å². The first-order valence-corrected chi connectivity index (χ1v) is 4.52. The van der Waals surface area contributed by atoms with Crippen LogP contribution >= 0.6 is 0 Å². The first kappa shape index (κ1) is 9.53. The van der Waals surface area contributed by atoms with E-state index < -0.39 is 0 Å². The van der Waals surface area contributed by atoms with Crippen molar-refractivity contribution >= 4 is 0 Å². The predicted molar refractivity (Wildman–Crippen MR) is 52.1 cm³/mol. The number of hydrogen-bond acceptors (Lipinski definition) is 1. The molecule has 0 amide bonds. The van der Waals surface area contributed by atoms with E-state index in [1.165, 1.54) is 5.57 Å². The van der Waals surface area contributed by atoms with Gasteiger partial charge in [0.05, 0.1) is 5.60 Å². The van der Waals surface area contributed by atoms with Crippen LogP contribution in [0.25, 0.3) is 0 Å². The van der Waals surface area contributed by atoms with Crippen LogP contribution in [0.3, 0.4) is 0 Å². The van der Waals surface area contributed by atoms with E-state index in [1.54, 1.807) is 7.11 Å². The van der Waals surface area contributed by atoms with E-state index in [4.69, 9.17) is 4.74 Å². The fourth-order valence-corrected chi connectivity index (χ4v) is 1.31. The minimum atomic E-state index is -0.0710.